The number of carbonyl (C=O) groups is 2. The Balaban J connectivity index is 3.25. The molecule has 2 unspecified atom stereocenters. The third-order valence-corrected chi connectivity index (χ3v) is 3.69. The van der Waals surface area contributed by atoms with Crippen LogP contribution < -0.4 is 0 Å². The van der Waals surface area contributed by atoms with Crippen LogP contribution in [-0.2, 0) is 16.2 Å². The van der Waals surface area contributed by atoms with Crippen LogP contribution in [0.15, 0.2) is 18.2 Å². The number of alkyl halides is 1. The Hall–Kier alpha value is -1.24. The number of Topliss-reactive ketones (excluding diaryl/α,β-unsaturated/α-hetero) is 1. The number of aliphatic hydroxyl groups is 2. The van der Waals surface area contributed by atoms with Crippen molar-refractivity contribution in [2.24, 2.45) is 0 Å². The summed E-state index contributed by atoms with van der Waals surface area (Å²) in [5.41, 5.74) is 0.945. The molecule has 0 saturated heterocycles. The molecule has 0 amide bonds. The van der Waals surface area contributed by atoms with Gasteiger partial charge in [0.1, 0.15) is 5.78 Å². The summed E-state index contributed by atoms with van der Waals surface area (Å²) >= 11 is 3.18. The summed E-state index contributed by atoms with van der Waals surface area (Å²) in [6.07, 6.45) is -1.72. The van der Waals surface area contributed by atoms with Crippen LogP contribution in [-0.4, -0.2) is 27.1 Å². The molecular weight excluding hydrogens is 304 g/mol. The summed E-state index contributed by atoms with van der Waals surface area (Å²) < 4.78 is 0. The SMILES string of the molecule is CC(=O)C(Br)c1ccc(CO)c(C(O)C(=O)O)c1. The molecule has 18 heavy (non-hydrogen) atoms. The third kappa shape index (κ3) is 3.16. The van der Waals surface area contributed by atoms with Crippen molar-refractivity contribution >= 4 is 27.7 Å². The number of benzene rings is 1. The first-order valence-corrected chi connectivity index (χ1v) is 6.09. The van der Waals surface area contributed by atoms with Gasteiger partial charge in [0.15, 0.2) is 6.10 Å². The zero-order chi connectivity index (χ0) is 13.9. The van der Waals surface area contributed by atoms with E-state index < -0.39 is 16.9 Å². The molecule has 2 atom stereocenters. The summed E-state index contributed by atoms with van der Waals surface area (Å²) in [7, 11) is 0. The lowest BCUT2D eigenvalue weighted by molar-refractivity contribution is -0.147. The van der Waals surface area contributed by atoms with Gasteiger partial charge in [-0.25, -0.2) is 4.79 Å². The Labute approximate surface area is 112 Å². The normalized spacial score (nSPS) is 14.0. The second kappa shape index (κ2) is 6.08. The van der Waals surface area contributed by atoms with Crippen LogP contribution in [0.3, 0.4) is 0 Å². The van der Waals surface area contributed by atoms with Gasteiger partial charge in [-0.05, 0) is 23.6 Å². The van der Waals surface area contributed by atoms with Crippen LogP contribution in [0, 0.1) is 0 Å². The highest BCUT2D eigenvalue weighted by Crippen LogP contribution is 2.28. The molecule has 1 aromatic carbocycles. The van der Waals surface area contributed by atoms with E-state index in [-0.39, 0.29) is 18.0 Å². The highest BCUT2D eigenvalue weighted by molar-refractivity contribution is 9.09. The Morgan fingerprint density at radius 3 is 2.44 bits per heavy atom. The number of hydrogen-bond acceptors (Lipinski definition) is 4. The topological polar surface area (TPSA) is 94.8 Å². The smallest absolute Gasteiger partial charge is 0.337 e. The van der Waals surface area contributed by atoms with Gasteiger partial charge in [-0.1, -0.05) is 34.1 Å². The summed E-state index contributed by atoms with van der Waals surface area (Å²) in [4.78, 5) is 21.4. The first-order chi connectivity index (χ1) is 8.38. The maximum atomic E-state index is 11.2. The van der Waals surface area contributed by atoms with E-state index in [4.69, 9.17) is 10.2 Å². The summed E-state index contributed by atoms with van der Waals surface area (Å²) in [5, 5.41) is 27.4. The number of hydrogen-bond donors (Lipinski definition) is 3. The predicted molar refractivity (Wildman–Crippen MR) is 67.3 cm³/mol. The molecular formula is C12H13BrO5. The fourth-order valence-electron chi connectivity index (χ4n) is 1.54. The Kier molecular flexibility index (Phi) is 5.01. The first kappa shape index (κ1) is 14.8. The Morgan fingerprint density at radius 1 is 1.39 bits per heavy atom. The maximum absolute atomic E-state index is 11.2. The number of carbonyl (C=O) groups excluding carboxylic acids is 1. The van der Waals surface area contributed by atoms with Crippen LogP contribution in [0.1, 0.15) is 34.5 Å². The second-order valence-electron chi connectivity index (χ2n) is 3.83. The minimum Gasteiger partial charge on any atom is -0.479 e. The molecule has 1 rings (SSSR count). The molecule has 0 saturated carbocycles. The van der Waals surface area contributed by atoms with Crippen molar-refractivity contribution in [3.63, 3.8) is 0 Å². The molecule has 1 aromatic rings. The molecule has 5 nitrogen and oxygen atoms in total. The zero-order valence-corrected chi connectivity index (χ0v) is 11.2. The van der Waals surface area contributed by atoms with Crippen LogP contribution in [0.4, 0.5) is 0 Å². The van der Waals surface area contributed by atoms with E-state index in [9.17, 15) is 14.7 Å². The highest BCUT2D eigenvalue weighted by Gasteiger charge is 2.22. The van der Waals surface area contributed by atoms with Gasteiger partial charge < -0.3 is 15.3 Å². The summed E-state index contributed by atoms with van der Waals surface area (Å²) in [6.45, 7) is 1.01. The number of aliphatic hydroxyl groups excluding tert-OH is 2. The fourth-order valence-corrected chi connectivity index (χ4v) is 1.82. The lowest BCUT2D eigenvalue weighted by Crippen LogP contribution is -2.14. The van der Waals surface area contributed by atoms with Crippen molar-refractivity contribution in [1.82, 2.24) is 0 Å². The van der Waals surface area contributed by atoms with E-state index in [0.29, 0.717) is 11.1 Å². The van der Waals surface area contributed by atoms with Gasteiger partial charge in [0.2, 0.25) is 0 Å². The van der Waals surface area contributed by atoms with E-state index in [1.165, 1.54) is 19.1 Å². The first-order valence-electron chi connectivity index (χ1n) is 5.17. The Morgan fingerprint density at radius 2 is 2.00 bits per heavy atom. The lowest BCUT2D eigenvalue weighted by atomic mass is 9.97. The van der Waals surface area contributed by atoms with Crippen molar-refractivity contribution in [2.45, 2.75) is 24.5 Å². The van der Waals surface area contributed by atoms with Gasteiger partial charge in [-0.3, -0.25) is 4.79 Å². The molecule has 6 heteroatoms. The van der Waals surface area contributed by atoms with Crippen LogP contribution in [0.2, 0.25) is 0 Å². The van der Waals surface area contributed by atoms with E-state index >= 15 is 0 Å². The van der Waals surface area contributed by atoms with Crippen molar-refractivity contribution in [3.8, 4) is 0 Å². The quantitative estimate of drug-likeness (QED) is 0.712. The van der Waals surface area contributed by atoms with Gasteiger partial charge in [0, 0.05) is 0 Å². The Bertz CT molecular complexity index is 472. The van der Waals surface area contributed by atoms with Crippen molar-refractivity contribution in [1.29, 1.82) is 0 Å². The minimum absolute atomic E-state index is 0.0909. The standard InChI is InChI=1S/C12H13BrO5/c1-6(15)10(13)7-2-3-8(5-14)9(4-7)11(16)12(17)18/h2-4,10-11,14,16H,5H2,1H3,(H,17,18). The zero-order valence-electron chi connectivity index (χ0n) is 9.63. The minimum atomic E-state index is -1.72. The average molecular weight is 317 g/mol. The molecule has 0 bridgehead atoms. The highest BCUT2D eigenvalue weighted by atomic mass is 79.9. The molecule has 0 aliphatic heterocycles. The average Bonchev–Trinajstić information content (AvgIpc) is 2.35. The predicted octanol–water partition coefficient (Wildman–Crippen LogP) is 1.32. The summed E-state index contributed by atoms with van der Waals surface area (Å²) in [5.74, 6) is -1.54. The van der Waals surface area contributed by atoms with E-state index in [2.05, 4.69) is 15.9 Å². The molecule has 0 aliphatic carbocycles. The van der Waals surface area contributed by atoms with Crippen LogP contribution >= 0.6 is 15.9 Å². The van der Waals surface area contributed by atoms with Gasteiger partial charge in [0.25, 0.3) is 0 Å². The molecule has 0 aliphatic rings. The molecule has 98 valence electrons. The number of carboxylic acid groups (broad SMARTS) is 1. The van der Waals surface area contributed by atoms with Gasteiger partial charge >= 0.3 is 5.97 Å². The number of ketones is 1. The van der Waals surface area contributed by atoms with Crippen LogP contribution in [0.25, 0.3) is 0 Å². The van der Waals surface area contributed by atoms with Gasteiger partial charge in [-0.15, -0.1) is 0 Å². The van der Waals surface area contributed by atoms with E-state index in [1.807, 2.05) is 0 Å². The van der Waals surface area contributed by atoms with E-state index in [1.54, 1.807) is 6.07 Å². The number of aliphatic carboxylic acids is 1. The summed E-state index contributed by atoms with van der Waals surface area (Å²) in [6, 6.07) is 4.50. The maximum Gasteiger partial charge on any atom is 0.337 e. The molecule has 0 spiro atoms. The fraction of sp³-hybridized carbons (Fsp3) is 0.333. The van der Waals surface area contributed by atoms with Gasteiger partial charge in [0.05, 0.1) is 11.4 Å². The third-order valence-electron chi connectivity index (χ3n) is 2.52. The number of halogens is 1. The van der Waals surface area contributed by atoms with Crippen molar-refractivity contribution in [3.05, 3.63) is 34.9 Å². The monoisotopic (exact) mass is 316 g/mol. The van der Waals surface area contributed by atoms with E-state index in [0.717, 1.165) is 0 Å². The van der Waals surface area contributed by atoms with Gasteiger partial charge in [-0.2, -0.15) is 0 Å². The number of rotatable bonds is 5. The van der Waals surface area contributed by atoms with Crippen molar-refractivity contribution in [2.75, 3.05) is 0 Å². The molecule has 0 aromatic heterocycles. The van der Waals surface area contributed by atoms with Crippen LogP contribution in [0.5, 0.6) is 0 Å². The second-order valence-corrected chi connectivity index (χ2v) is 4.75. The largest absolute Gasteiger partial charge is 0.479 e. The number of carboxylic acids is 1. The van der Waals surface area contributed by atoms with Crippen molar-refractivity contribution < 1.29 is 24.9 Å². The lowest BCUT2D eigenvalue weighted by Gasteiger charge is -2.14. The molecule has 0 fully saturated rings. The molecule has 0 heterocycles. The molecule has 3 N–H and O–H groups in total. The molecule has 0 radical (unpaired) electrons.